The van der Waals surface area contributed by atoms with Crippen molar-refractivity contribution in [2.75, 3.05) is 23.3 Å². The van der Waals surface area contributed by atoms with Gasteiger partial charge in [-0.15, -0.1) is 0 Å². The number of aromatic nitrogens is 1. The number of amides is 2. The molecule has 1 aliphatic rings. The quantitative estimate of drug-likeness (QED) is 0.599. The highest BCUT2D eigenvalue weighted by molar-refractivity contribution is 5.90. The van der Waals surface area contributed by atoms with Crippen molar-refractivity contribution < 1.29 is 18.7 Å². The average Bonchev–Trinajstić information content (AvgIpc) is 3.08. The van der Waals surface area contributed by atoms with Crippen LogP contribution in [0.3, 0.4) is 0 Å². The summed E-state index contributed by atoms with van der Waals surface area (Å²) in [5.74, 6) is -0.869. The zero-order chi connectivity index (χ0) is 23.4. The predicted molar refractivity (Wildman–Crippen MR) is 122 cm³/mol. The van der Waals surface area contributed by atoms with Crippen molar-refractivity contribution in [1.82, 2.24) is 10.3 Å². The van der Waals surface area contributed by atoms with Gasteiger partial charge in [-0.25, -0.2) is 9.18 Å². The van der Waals surface area contributed by atoms with E-state index >= 15 is 0 Å². The van der Waals surface area contributed by atoms with Crippen molar-refractivity contribution in [3.8, 4) is 11.3 Å². The average molecular weight is 448 g/mol. The van der Waals surface area contributed by atoms with E-state index in [4.69, 9.17) is 4.74 Å². The molecule has 2 heterocycles. The van der Waals surface area contributed by atoms with Gasteiger partial charge in [0.1, 0.15) is 11.9 Å². The van der Waals surface area contributed by atoms with E-state index in [-0.39, 0.29) is 35.8 Å². The first kappa shape index (κ1) is 21.9. The molecule has 8 nitrogen and oxygen atoms in total. The van der Waals surface area contributed by atoms with Gasteiger partial charge in [0.05, 0.1) is 35.8 Å². The van der Waals surface area contributed by atoms with Crippen LogP contribution in [-0.2, 0) is 9.53 Å². The monoisotopic (exact) mass is 448 g/mol. The Morgan fingerprint density at radius 2 is 1.91 bits per heavy atom. The molecule has 0 aliphatic carbocycles. The molecule has 2 amide bonds. The maximum atomic E-state index is 14.8. The molecular weight excluding hydrogens is 427 g/mol. The Labute approximate surface area is 189 Å². The number of nitrogens with zero attached hydrogens (tertiary/aromatic N) is 2. The molecule has 1 aliphatic heterocycles. The molecule has 9 heteroatoms. The van der Waals surface area contributed by atoms with Crippen molar-refractivity contribution in [2.45, 2.75) is 13.0 Å². The molecule has 0 saturated carbocycles. The van der Waals surface area contributed by atoms with Crippen molar-refractivity contribution in [2.24, 2.45) is 0 Å². The van der Waals surface area contributed by atoms with Gasteiger partial charge in [-0.05, 0) is 48.5 Å². The lowest BCUT2D eigenvalue weighted by atomic mass is 10.2. The molecule has 168 valence electrons. The van der Waals surface area contributed by atoms with E-state index in [9.17, 15) is 18.8 Å². The molecule has 1 saturated heterocycles. The van der Waals surface area contributed by atoms with Crippen LogP contribution in [0.4, 0.5) is 26.2 Å². The van der Waals surface area contributed by atoms with Crippen molar-refractivity contribution in [1.29, 1.82) is 0 Å². The van der Waals surface area contributed by atoms with Gasteiger partial charge in [0.2, 0.25) is 11.3 Å². The Morgan fingerprint density at radius 3 is 2.64 bits per heavy atom. The zero-order valence-electron chi connectivity index (χ0n) is 17.7. The Balaban J connectivity index is 1.51. The minimum atomic E-state index is -0.638. The lowest BCUT2D eigenvalue weighted by Gasteiger charge is -2.15. The van der Waals surface area contributed by atoms with Crippen LogP contribution in [0.5, 0.6) is 0 Å². The summed E-state index contributed by atoms with van der Waals surface area (Å²) < 4.78 is 20.0. The van der Waals surface area contributed by atoms with Crippen LogP contribution in [0.25, 0.3) is 11.3 Å². The highest BCUT2D eigenvalue weighted by atomic mass is 19.1. The lowest BCUT2D eigenvalue weighted by Crippen LogP contribution is -2.33. The number of carbonyl (C=O) groups excluding carboxylic acids is 2. The van der Waals surface area contributed by atoms with E-state index in [2.05, 4.69) is 15.6 Å². The minimum Gasteiger partial charge on any atom is -0.442 e. The van der Waals surface area contributed by atoms with Gasteiger partial charge < -0.3 is 15.4 Å². The number of carbonyl (C=O) groups is 2. The Kier molecular flexibility index (Phi) is 6.30. The Hall–Kier alpha value is -4.27. The molecule has 0 spiro atoms. The van der Waals surface area contributed by atoms with Gasteiger partial charge in [-0.2, -0.15) is 0 Å². The molecule has 1 aromatic heterocycles. The number of benzene rings is 1. The van der Waals surface area contributed by atoms with Gasteiger partial charge in [0.25, 0.3) is 0 Å². The Morgan fingerprint density at radius 1 is 1.12 bits per heavy atom. The highest BCUT2D eigenvalue weighted by Crippen LogP contribution is 2.27. The van der Waals surface area contributed by atoms with Crippen molar-refractivity contribution >= 4 is 29.1 Å². The van der Waals surface area contributed by atoms with E-state index in [0.29, 0.717) is 11.4 Å². The molecule has 0 radical (unpaired) electrons. The second-order valence-corrected chi connectivity index (χ2v) is 7.46. The van der Waals surface area contributed by atoms with E-state index in [1.807, 2.05) is 12.1 Å². The number of cyclic esters (lactones) is 1. The molecule has 4 rings (SSSR count). The third kappa shape index (κ3) is 5.15. The summed E-state index contributed by atoms with van der Waals surface area (Å²) in [6.45, 7) is 1.73. The van der Waals surface area contributed by atoms with E-state index in [1.165, 1.54) is 30.0 Å². The molecular formula is C24H21FN4O4. The molecule has 0 bridgehead atoms. The summed E-state index contributed by atoms with van der Waals surface area (Å²) in [5, 5.41) is 5.41. The van der Waals surface area contributed by atoms with Crippen LogP contribution >= 0.6 is 0 Å². The summed E-state index contributed by atoms with van der Waals surface area (Å²) in [6, 6.07) is 16.0. The number of hydrogen-bond acceptors (Lipinski definition) is 6. The number of ether oxygens (including phenoxy) is 1. The van der Waals surface area contributed by atoms with Gasteiger partial charge in [-0.1, -0.05) is 12.1 Å². The van der Waals surface area contributed by atoms with Crippen LogP contribution in [0, 0.1) is 5.82 Å². The first-order valence-corrected chi connectivity index (χ1v) is 10.3. The maximum Gasteiger partial charge on any atom is 0.414 e. The summed E-state index contributed by atoms with van der Waals surface area (Å²) in [5.41, 5.74) is 1.74. The fourth-order valence-corrected chi connectivity index (χ4v) is 3.39. The van der Waals surface area contributed by atoms with Crippen LogP contribution in [-0.4, -0.2) is 36.2 Å². The molecule has 2 N–H and O–H groups in total. The molecule has 1 atom stereocenters. The number of nitrogens with one attached hydrogen (secondary N) is 2. The third-order valence-corrected chi connectivity index (χ3v) is 5.06. The standard InChI is InChI=1S/C24H21FN4O4/c1-15(30)27-13-18-14-29(24(32)33-18)17-7-9-21(19(25)12-17)28-22-8-5-16(6-10-23(22)31)20-4-2-3-11-26-20/h2-12,18H,13-14H2,1H3,(H,27,30)(H,28,31)/t18-/m0/s1. The van der Waals surface area contributed by atoms with Gasteiger partial charge in [0, 0.05) is 18.7 Å². The SMILES string of the molecule is CC(=O)NC[C@H]1CN(c2ccc(Nc3ccc(-c4ccccn4)ccc3=O)c(F)c2)C(=O)O1. The highest BCUT2D eigenvalue weighted by Gasteiger charge is 2.32. The minimum absolute atomic E-state index is 0.0868. The lowest BCUT2D eigenvalue weighted by molar-refractivity contribution is -0.119. The number of hydrogen-bond donors (Lipinski definition) is 2. The fraction of sp³-hybridized carbons (Fsp3) is 0.167. The molecule has 3 aromatic rings. The number of rotatable bonds is 6. The maximum absolute atomic E-state index is 14.8. The number of anilines is 3. The number of pyridine rings is 1. The van der Waals surface area contributed by atoms with E-state index < -0.39 is 18.0 Å². The summed E-state index contributed by atoms with van der Waals surface area (Å²) >= 11 is 0. The summed E-state index contributed by atoms with van der Waals surface area (Å²) in [6.07, 6.45) is 0.515. The van der Waals surface area contributed by atoms with Gasteiger partial charge >= 0.3 is 6.09 Å². The second kappa shape index (κ2) is 9.47. The van der Waals surface area contributed by atoms with Crippen molar-refractivity contribution in [3.05, 3.63) is 82.9 Å². The third-order valence-electron chi connectivity index (χ3n) is 5.06. The largest absolute Gasteiger partial charge is 0.442 e. The zero-order valence-corrected chi connectivity index (χ0v) is 17.7. The van der Waals surface area contributed by atoms with Gasteiger partial charge in [0.15, 0.2) is 0 Å². The second-order valence-electron chi connectivity index (χ2n) is 7.46. The van der Waals surface area contributed by atoms with Crippen molar-refractivity contribution in [3.63, 3.8) is 0 Å². The number of halogens is 1. The molecule has 33 heavy (non-hydrogen) atoms. The van der Waals surface area contributed by atoms with Crippen LogP contribution in [0.15, 0.2) is 71.7 Å². The topological polar surface area (TPSA) is 101 Å². The smallest absolute Gasteiger partial charge is 0.414 e. The fourth-order valence-electron chi connectivity index (χ4n) is 3.39. The molecule has 2 aromatic carbocycles. The van der Waals surface area contributed by atoms with Crippen LogP contribution < -0.4 is 21.0 Å². The summed E-state index contributed by atoms with van der Waals surface area (Å²) in [4.78, 5) is 41.2. The van der Waals surface area contributed by atoms with Crippen LogP contribution in [0.2, 0.25) is 0 Å². The Bertz CT molecular complexity index is 1250. The normalized spacial score (nSPS) is 15.2. The van der Waals surface area contributed by atoms with E-state index in [1.54, 1.807) is 36.5 Å². The first-order valence-electron chi connectivity index (χ1n) is 10.3. The summed E-state index contributed by atoms with van der Waals surface area (Å²) in [7, 11) is 0. The molecule has 1 fully saturated rings. The first-order chi connectivity index (χ1) is 15.9. The van der Waals surface area contributed by atoms with E-state index in [0.717, 1.165) is 5.56 Å². The van der Waals surface area contributed by atoms with Crippen LogP contribution in [0.1, 0.15) is 6.92 Å². The van der Waals surface area contributed by atoms with Gasteiger partial charge in [-0.3, -0.25) is 19.5 Å². The predicted octanol–water partition coefficient (Wildman–Crippen LogP) is 3.45. The molecule has 0 unspecified atom stereocenters.